The van der Waals surface area contributed by atoms with Gasteiger partial charge in [-0.1, -0.05) is 42.5 Å². The number of benzene rings is 1. The lowest BCUT2D eigenvalue weighted by Gasteiger charge is -2.03. The number of hydrogen-bond donors (Lipinski definition) is 0. The van der Waals surface area contributed by atoms with E-state index in [4.69, 9.17) is 0 Å². The number of aromatic nitrogens is 1. The summed E-state index contributed by atoms with van der Waals surface area (Å²) >= 11 is 1.30. The zero-order chi connectivity index (χ0) is 20.4. The summed E-state index contributed by atoms with van der Waals surface area (Å²) in [6.07, 6.45) is 3.41. The lowest BCUT2D eigenvalue weighted by atomic mass is 10.0. The maximum Gasteiger partial charge on any atom is 0.213 e. The molecule has 0 atom stereocenters. The van der Waals surface area contributed by atoms with Crippen molar-refractivity contribution in [3.05, 3.63) is 105 Å². The number of hydrogen-bond acceptors (Lipinski definition) is 4. The number of rotatable bonds is 5. The van der Waals surface area contributed by atoms with Crippen LogP contribution in [0.1, 0.15) is 36.9 Å². The summed E-state index contributed by atoms with van der Waals surface area (Å²) in [6, 6.07) is 20.2. The third kappa shape index (κ3) is 3.31. The number of thiophene rings is 1. The van der Waals surface area contributed by atoms with Gasteiger partial charge in [0.1, 0.15) is 11.6 Å². The van der Waals surface area contributed by atoms with Crippen molar-refractivity contribution < 1.29 is 9.59 Å². The van der Waals surface area contributed by atoms with E-state index in [1.54, 1.807) is 35.7 Å². The highest BCUT2D eigenvalue weighted by atomic mass is 32.1. The van der Waals surface area contributed by atoms with Crippen molar-refractivity contribution in [3.8, 4) is 6.07 Å². The minimum atomic E-state index is -0.312. The van der Waals surface area contributed by atoms with E-state index in [1.165, 1.54) is 11.3 Å². The van der Waals surface area contributed by atoms with Crippen LogP contribution < -0.4 is 0 Å². The number of nitrogens with zero attached hydrogens (tertiary/aromatic N) is 2. The van der Waals surface area contributed by atoms with Crippen molar-refractivity contribution in [2.24, 2.45) is 0 Å². The standard InChI is InChI=1S/C24H16N2O2S/c1-16-19(14-18(15-25)23(27)21-11-7-13-29-21)20-10-5-6-12-26(20)22(16)24(28)17-8-3-2-4-9-17/h2-14H,1H3/b18-14+. The molecule has 0 unspecified atom stereocenters. The second kappa shape index (κ2) is 7.70. The molecule has 0 fully saturated rings. The normalized spacial score (nSPS) is 11.4. The molecule has 0 amide bonds. The van der Waals surface area contributed by atoms with Gasteiger partial charge in [0.2, 0.25) is 11.6 Å². The first-order valence-electron chi connectivity index (χ1n) is 9.01. The van der Waals surface area contributed by atoms with E-state index < -0.39 is 0 Å². The first kappa shape index (κ1) is 18.6. The molecule has 0 N–H and O–H groups in total. The number of Topliss-reactive ketones (excluding diaryl/α,β-unsaturated/α-hetero) is 1. The summed E-state index contributed by atoms with van der Waals surface area (Å²) in [5, 5.41) is 11.4. The summed E-state index contributed by atoms with van der Waals surface area (Å²) in [7, 11) is 0. The zero-order valence-corrected chi connectivity index (χ0v) is 16.4. The van der Waals surface area contributed by atoms with E-state index in [0.717, 1.165) is 11.1 Å². The van der Waals surface area contributed by atoms with Crippen molar-refractivity contribution in [2.45, 2.75) is 6.92 Å². The molecule has 0 saturated carbocycles. The van der Waals surface area contributed by atoms with E-state index in [0.29, 0.717) is 21.7 Å². The molecular formula is C24H16N2O2S. The van der Waals surface area contributed by atoms with Crippen molar-refractivity contribution in [1.29, 1.82) is 5.26 Å². The third-order valence-corrected chi connectivity index (χ3v) is 5.65. The van der Waals surface area contributed by atoms with Crippen LogP contribution >= 0.6 is 11.3 Å². The predicted molar refractivity (Wildman–Crippen MR) is 114 cm³/mol. The van der Waals surface area contributed by atoms with Crippen LogP contribution in [-0.2, 0) is 0 Å². The fourth-order valence-electron chi connectivity index (χ4n) is 3.38. The second-order valence-electron chi connectivity index (χ2n) is 6.51. The van der Waals surface area contributed by atoms with E-state index in [1.807, 2.05) is 60.0 Å². The molecule has 1 aromatic carbocycles. The quantitative estimate of drug-likeness (QED) is 0.260. The highest BCUT2D eigenvalue weighted by Gasteiger charge is 2.22. The molecule has 0 bridgehead atoms. The Morgan fingerprint density at radius 1 is 1.03 bits per heavy atom. The monoisotopic (exact) mass is 396 g/mol. The van der Waals surface area contributed by atoms with Crippen LogP contribution in [-0.4, -0.2) is 16.0 Å². The molecule has 29 heavy (non-hydrogen) atoms. The lowest BCUT2D eigenvalue weighted by molar-refractivity contribution is 0.102. The molecule has 0 radical (unpaired) electrons. The number of nitriles is 1. The molecular weight excluding hydrogens is 380 g/mol. The number of fused-ring (bicyclic) bond motifs is 1. The van der Waals surface area contributed by atoms with Gasteiger partial charge in [0.15, 0.2) is 0 Å². The molecule has 4 nitrogen and oxygen atoms in total. The Labute approximate surface area is 172 Å². The van der Waals surface area contributed by atoms with Crippen LogP contribution in [0.3, 0.4) is 0 Å². The van der Waals surface area contributed by atoms with E-state index in [-0.39, 0.29) is 17.1 Å². The Morgan fingerprint density at radius 3 is 2.48 bits per heavy atom. The van der Waals surface area contributed by atoms with E-state index in [9.17, 15) is 14.9 Å². The number of pyridine rings is 1. The smallest absolute Gasteiger partial charge is 0.213 e. The Hall–Kier alpha value is -3.75. The number of allylic oxidation sites excluding steroid dienone is 1. The molecule has 3 heterocycles. The second-order valence-corrected chi connectivity index (χ2v) is 7.46. The first-order chi connectivity index (χ1) is 14.1. The van der Waals surface area contributed by atoms with Gasteiger partial charge in [0.25, 0.3) is 0 Å². The van der Waals surface area contributed by atoms with Gasteiger partial charge in [0, 0.05) is 17.3 Å². The van der Waals surface area contributed by atoms with Crippen molar-refractivity contribution in [1.82, 2.24) is 4.40 Å². The highest BCUT2D eigenvalue weighted by Crippen LogP contribution is 2.28. The van der Waals surface area contributed by atoms with Gasteiger partial charge < -0.3 is 4.40 Å². The minimum absolute atomic E-state index is 0.0469. The summed E-state index contributed by atoms with van der Waals surface area (Å²) < 4.78 is 1.82. The fourth-order valence-corrected chi connectivity index (χ4v) is 4.06. The molecule has 0 saturated heterocycles. The predicted octanol–water partition coefficient (Wildman–Crippen LogP) is 5.33. The topological polar surface area (TPSA) is 62.3 Å². The summed E-state index contributed by atoms with van der Waals surface area (Å²) in [6.45, 7) is 1.85. The fraction of sp³-hybridized carbons (Fsp3) is 0.0417. The Kier molecular flexibility index (Phi) is 4.94. The van der Waals surface area contributed by atoms with Crippen LogP contribution in [0.25, 0.3) is 11.6 Å². The zero-order valence-electron chi connectivity index (χ0n) is 15.6. The molecule has 0 aliphatic heterocycles. The summed E-state index contributed by atoms with van der Waals surface area (Å²) in [4.78, 5) is 26.4. The molecule has 4 rings (SSSR count). The Balaban J connectivity index is 1.90. The Morgan fingerprint density at radius 2 is 1.79 bits per heavy atom. The molecule has 0 aliphatic carbocycles. The first-order valence-corrected chi connectivity index (χ1v) is 9.89. The molecule has 0 aliphatic rings. The minimum Gasteiger partial charge on any atom is -0.313 e. The average molecular weight is 396 g/mol. The highest BCUT2D eigenvalue weighted by molar-refractivity contribution is 7.12. The van der Waals surface area contributed by atoms with Gasteiger partial charge in [-0.25, -0.2) is 0 Å². The number of ketones is 2. The van der Waals surface area contributed by atoms with Crippen LogP contribution in [0.5, 0.6) is 0 Å². The van der Waals surface area contributed by atoms with E-state index >= 15 is 0 Å². The van der Waals surface area contributed by atoms with Crippen molar-refractivity contribution >= 4 is 34.5 Å². The van der Waals surface area contributed by atoms with Crippen LogP contribution in [0.15, 0.2) is 77.8 Å². The van der Waals surface area contributed by atoms with Crippen molar-refractivity contribution in [2.75, 3.05) is 0 Å². The molecule has 140 valence electrons. The maximum absolute atomic E-state index is 13.2. The number of carbonyl (C=O) groups is 2. The van der Waals surface area contributed by atoms with Crippen LogP contribution in [0.4, 0.5) is 0 Å². The van der Waals surface area contributed by atoms with Crippen LogP contribution in [0.2, 0.25) is 0 Å². The molecule has 4 aromatic rings. The summed E-state index contributed by atoms with van der Waals surface area (Å²) in [5.41, 5.74) is 3.37. The average Bonchev–Trinajstić information content (AvgIpc) is 3.38. The van der Waals surface area contributed by atoms with Gasteiger partial charge in [0.05, 0.1) is 16.1 Å². The van der Waals surface area contributed by atoms with Crippen LogP contribution in [0, 0.1) is 18.3 Å². The number of carbonyl (C=O) groups excluding carboxylic acids is 2. The van der Waals surface area contributed by atoms with Gasteiger partial charge >= 0.3 is 0 Å². The van der Waals surface area contributed by atoms with Gasteiger partial charge in [-0.3, -0.25) is 9.59 Å². The Bertz CT molecular complexity index is 1290. The molecule has 0 spiro atoms. The molecule has 5 heteroatoms. The van der Waals surface area contributed by atoms with Crippen molar-refractivity contribution in [3.63, 3.8) is 0 Å². The summed E-state index contributed by atoms with van der Waals surface area (Å²) in [5.74, 6) is -0.417. The van der Waals surface area contributed by atoms with Gasteiger partial charge in [-0.05, 0) is 42.1 Å². The SMILES string of the molecule is Cc1c(/C=C(\C#N)C(=O)c2cccs2)c2ccccn2c1C(=O)c1ccccc1. The van der Waals surface area contributed by atoms with Gasteiger partial charge in [-0.2, -0.15) is 5.26 Å². The maximum atomic E-state index is 13.2. The lowest BCUT2D eigenvalue weighted by Crippen LogP contribution is -2.06. The largest absolute Gasteiger partial charge is 0.313 e. The van der Waals surface area contributed by atoms with Gasteiger partial charge in [-0.15, -0.1) is 11.3 Å². The third-order valence-electron chi connectivity index (χ3n) is 4.79. The van der Waals surface area contributed by atoms with E-state index in [2.05, 4.69) is 0 Å². The molecule has 3 aromatic heterocycles.